The van der Waals surface area contributed by atoms with Crippen LogP contribution in [0.1, 0.15) is 30.7 Å². The Balaban J connectivity index is 2.45. The first-order valence-corrected chi connectivity index (χ1v) is 8.24. The van der Waals surface area contributed by atoms with Gasteiger partial charge in [0.2, 0.25) is 5.91 Å². The zero-order valence-corrected chi connectivity index (χ0v) is 14.3. The molecule has 0 aliphatic heterocycles. The first-order chi connectivity index (χ1) is 11.2. The van der Waals surface area contributed by atoms with Crippen LogP contribution in [-0.4, -0.2) is 24.2 Å². The van der Waals surface area contributed by atoms with Crippen LogP contribution in [0, 0.1) is 17.2 Å². The van der Waals surface area contributed by atoms with Crippen molar-refractivity contribution in [1.29, 1.82) is 5.26 Å². The highest BCUT2D eigenvalue weighted by molar-refractivity contribution is 9.10. The second-order valence-electron chi connectivity index (χ2n) is 6.05. The lowest BCUT2D eigenvalue weighted by Crippen LogP contribution is -2.61. The van der Waals surface area contributed by atoms with Crippen molar-refractivity contribution in [2.75, 3.05) is 6.54 Å². The molecule has 1 amide bonds. The summed E-state index contributed by atoms with van der Waals surface area (Å²) in [4.78, 5) is 12.4. The van der Waals surface area contributed by atoms with Gasteiger partial charge in [0.25, 0.3) is 0 Å². The van der Waals surface area contributed by atoms with Gasteiger partial charge in [0, 0.05) is 4.47 Å². The van der Waals surface area contributed by atoms with E-state index in [9.17, 15) is 18.0 Å². The number of nitrogens with zero attached hydrogens (tertiary/aromatic N) is 1. The number of benzene rings is 1. The van der Waals surface area contributed by atoms with Crippen molar-refractivity contribution in [3.8, 4) is 6.07 Å². The molecule has 4 nitrogen and oxygen atoms in total. The summed E-state index contributed by atoms with van der Waals surface area (Å²) in [5, 5.41) is 10.8. The van der Waals surface area contributed by atoms with Crippen LogP contribution in [0.5, 0.6) is 0 Å². The second-order valence-corrected chi connectivity index (χ2v) is 6.97. The van der Waals surface area contributed by atoms with E-state index in [-0.39, 0.29) is 24.4 Å². The van der Waals surface area contributed by atoms with Gasteiger partial charge in [-0.2, -0.15) is 18.4 Å². The quantitative estimate of drug-likeness (QED) is 0.715. The minimum atomic E-state index is -4.69. The fourth-order valence-electron chi connectivity index (χ4n) is 2.86. The van der Waals surface area contributed by atoms with Gasteiger partial charge in [0.15, 0.2) is 0 Å². The van der Waals surface area contributed by atoms with Gasteiger partial charge >= 0.3 is 6.18 Å². The van der Waals surface area contributed by atoms with E-state index in [2.05, 4.69) is 21.2 Å². The molecule has 130 valence electrons. The highest BCUT2D eigenvalue weighted by atomic mass is 79.9. The number of carbonyl (C=O) groups is 1. The van der Waals surface area contributed by atoms with Gasteiger partial charge in [-0.1, -0.05) is 40.9 Å². The maximum absolute atomic E-state index is 13.8. The van der Waals surface area contributed by atoms with Gasteiger partial charge in [0.05, 0.1) is 6.07 Å². The Bertz CT molecular complexity index is 637. The van der Waals surface area contributed by atoms with Crippen LogP contribution in [0.4, 0.5) is 13.2 Å². The van der Waals surface area contributed by atoms with E-state index in [0.717, 1.165) is 12.8 Å². The number of hydrogen-bond acceptors (Lipinski definition) is 3. The topological polar surface area (TPSA) is 78.9 Å². The zero-order valence-electron chi connectivity index (χ0n) is 12.7. The van der Waals surface area contributed by atoms with Gasteiger partial charge in [-0.3, -0.25) is 4.79 Å². The van der Waals surface area contributed by atoms with Crippen LogP contribution in [-0.2, 0) is 4.79 Å². The van der Waals surface area contributed by atoms with Crippen LogP contribution in [0.15, 0.2) is 28.7 Å². The van der Waals surface area contributed by atoms with Crippen molar-refractivity contribution in [2.45, 2.75) is 36.9 Å². The monoisotopic (exact) mass is 403 g/mol. The Labute approximate surface area is 146 Å². The first kappa shape index (κ1) is 18.7. The highest BCUT2D eigenvalue weighted by Gasteiger charge is 2.57. The normalized spacial score (nSPS) is 18.3. The van der Waals surface area contributed by atoms with E-state index >= 15 is 0 Å². The molecule has 24 heavy (non-hydrogen) atoms. The maximum atomic E-state index is 13.8. The number of hydrogen-bond donors (Lipinski definition) is 2. The molecule has 0 aromatic heterocycles. The van der Waals surface area contributed by atoms with E-state index in [1.54, 1.807) is 6.07 Å². The fraction of sp³-hybridized carbons (Fsp3) is 0.500. The Morgan fingerprint density at radius 1 is 1.38 bits per heavy atom. The van der Waals surface area contributed by atoms with E-state index < -0.39 is 23.5 Å². The highest BCUT2D eigenvalue weighted by Crippen LogP contribution is 2.47. The molecule has 8 heteroatoms. The van der Waals surface area contributed by atoms with Crippen LogP contribution in [0.2, 0.25) is 0 Å². The van der Waals surface area contributed by atoms with Crippen molar-refractivity contribution in [3.63, 3.8) is 0 Å². The van der Waals surface area contributed by atoms with Gasteiger partial charge in [0.1, 0.15) is 18.0 Å². The third-order valence-electron chi connectivity index (χ3n) is 4.12. The number of carbonyl (C=O) groups excluding carboxylic acids is 1. The Morgan fingerprint density at radius 2 is 1.96 bits per heavy atom. The summed E-state index contributed by atoms with van der Waals surface area (Å²) in [7, 11) is 0. The van der Waals surface area contributed by atoms with E-state index in [4.69, 9.17) is 11.0 Å². The number of alkyl halides is 3. The summed E-state index contributed by atoms with van der Waals surface area (Å²) in [5.74, 6) is -3.08. The molecule has 2 atom stereocenters. The van der Waals surface area contributed by atoms with Gasteiger partial charge < -0.3 is 11.1 Å². The molecule has 1 aromatic rings. The van der Waals surface area contributed by atoms with Crippen LogP contribution in [0.3, 0.4) is 0 Å². The van der Waals surface area contributed by atoms with Gasteiger partial charge in [-0.25, -0.2) is 0 Å². The third-order valence-corrected chi connectivity index (χ3v) is 4.65. The van der Waals surface area contributed by atoms with Crippen LogP contribution >= 0.6 is 15.9 Å². The summed E-state index contributed by atoms with van der Waals surface area (Å²) in [6, 6.07) is 7.29. The van der Waals surface area contributed by atoms with Crippen molar-refractivity contribution < 1.29 is 18.0 Å². The second kappa shape index (κ2) is 7.11. The molecule has 1 aliphatic carbocycles. The average Bonchev–Trinajstić information content (AvgIpc) is 3.29. The summed E-state index contributed by atoms with van der Waals surface area (Å²) in [6.45, 7) is -0.382. The zero-order chi connectivity index (χ0) is 18.0. The van der Waals surface area contributed by atoms with Crippen LogP contribution < -0.4 is 11.1 Å². The average molecular weight is 404 g/mol. The maximum Gasteiger partial charge on any atom is 0.398 e. The number of nitrogens with two attached hydrogens (primary N) is 1. The van der Waals surface area contributed by atoms with Crippen molar-refractivity contribution in [1.82, 2.24) is 5.32 Å². The first-order valence-electron chi connectivity index (χ1n) is 7.45. The molecule has 0 radical (unpaired) electrons. The smallest absolute Gasteiger partial charge is 0.341 e. The molecule has 0 saturated heterocycles. The summed E-state index contributed by atoms with van der Waals surface area (Å²) in [6.07, 6.45) is -3.24. The number of halogens is 4. The molecule has 0 heterocycles. The molecule has 1 unspecified atom stereocenters. The predicted octanol–water partition coefficient (Wildman–Crippen LogP) is 3.23. The number of rotatable bonds is 6. The van der Waals surface area contributed by atoms with E-state index in [1.807, 2.05) is 0 Å². The summed E-state index contributed by atoms with van der Waals surface area (Å²) in [5.41, 5.74) is 3.85. The van der Waals surface area contributed by atoms with Crippen molar-refractivity contribution in [2.24, 2.45) is 11.7 Å². The SMILES string of the molecule is N#CCNC(=O)[C@@](N)(CC1CC1)C(c1ccc(Br)cc1)C(F)(F)F. The lowest BCUT2D eigenvalue weighted by molar-refractivity contribution is -0.173. The number of nitriles is 1. The predicted molar refractivity (Wildman–Crippen MR) is 85.8 cm³/mol. The number of nitrogens with one attached hydrogen (secondary N) is 1. The molecule has 1 aromatic carbocycles. The Kier molecular flexibility index (Phi) is 5.56. The number of amides is 1. The Hall–Kier alpha value is -1.59. The standard InChI is InChI=1S/C16H17BrF3N3O/c17-12-5-3-11(4-6-12)13(16(18,19)20)15(22,9-10-1-2-10)14(24)23-8-7-21/h3-6,10,13H,1-2,8-9,22H2,(H,23,24)/t13?,15-/m1/s1. The molecule has 1 saturated carbocycles. The molecule has 3 N–H and O–H groups in total. The molecular weight excluding hydrogens is 387 g/mol. The van der Waals surface area contributed by atoms with Crippen molar-refractivity contribution >= 4 is 21.8 Å². The van der Waals surface area contributed by atoms with E-state index in [1.165, 1.54) is 24.3 Å². The molecular formula is C16H17BrF3N3O. The van der Waals surface area contributed by atoms with E-state index in [0.29, 0.717) is 4.47 Å². The molecule has 1 fully saturated rings. The fourth-order valence-corrected chi connectivity index (χ4v) is 3.12. The minimum Gasteiger partial charge on any atom is -0.341 e. The lowest BCUT2D eigenvalue weighted by Gasteiger charge is -2.37. The van der Waals surface area contributed by atoms with Gasteiger partial charge in [-0.15, -0.1) is 0 Å². The largest absolute Gasteiger partial charge is 0.398 e. The molecule has 0 spiro atoms. The van der Waals surface area contributed by atoms with Crippen LogP contribution in [0.25, 0.3) is 0 Å². The third kappa shape index (κ3) is 4.28. The minimum absolute atomic E-state index is 0.00290. The molecule has 2 rings (SSSR count). The lowest BCUT2D eigenvalue weighted by atomic mass is 9.75. The molecule has 1 aliphatic rings. The molecule has 0 bridgehead atoms. The summed E-state index contributed by atoms with van der Waals surface area (Å²) >= 11 is 3.18. The van der Waals surface area contributed by atoms with Gasteiger partial charge in [-0.05, 0) is 30.0 Å². The summed E-state index contributed by atoms with van der Waals surface area (Å²) < 4.78 is 42.1. The Morgan fingerprint density at radius 3 is 2.42 bits per heavy atom. The van der Waals surface area contributed by atoms with Crippen molar-refractivity contribution in [3.05, 3.63) is 34.3 Å².